The molecule has 3 rings (SSSR count). The highest BCUT2D eigenvalue weighted by Crippen LogP contribution is 2.33. The van der Waals surface area contributed by atoms with Gasteiger partial charge >= 0.3 is 6.18 Å². The number of hydrogen-bond acceptors (Lipinski definition) is 5. The Balaban J connectivity index is 2.06. The van der Waals surface area contributed by atoms with Crippen LogP contribution in [-0.2, 0) is 17.6 Å². The molecule has 0 aliphatic heterocycles. The van der Waals surface area contributed by atoms with Gasteiger partial charge in [0.25, 0.3) is 0 Å². The van der Waals surface area contributed by atoms with Crippen molar-refractivity contribution in [2.75, 3.05) is 6.54 Å². The molecule has 0 radical (unpaired) electrons. The Labute approximate surface area is 188 Å². The summed E-state index contributed by atoms with van der Waals surface area (Å²) in [7, 11) is 0. The van der Waals surface area contributed by atoms with E-state index in [-0.39, 0.29) is 0 Å². The average Bonchev–Trinajstić information content (AvgIpc) is 3.19. The van der Waals surface area contributed by atoms with Gasteiger partial charge in [0.2, 0.25) is 5.91 Å². The fourth-order valence-electron chi connectivity index (χ4n) is 3.27. The van der Waals surface area contributed by atoms with Gasteiger partial charge in [-0.25, -0.2) is 0 Å². The monoisotopic (exact) mass is 463 g/mol. The molecule has 6 nitrogen and oxygen atoms in total. The van der Waals surface area contributed by atoms with E-state index in [1.165, 1.54) is 0 Å². The molecule has 0 spiro atoms. The summed E-state index contributed by atoms with van der Waals surface area (Å²) >= 11 is 1.07. The summed E-state index contributed by atoms with van der Waals surface area (Å²) in [4.78, 5) is 16.4. The third kappa shape index (κ3) is 5.48. The second kappa shape index (κ2) is 10.2. The van der Waals surface area contributed by atoms with Crippen LogP contribution in [0.15, 0.2) is 47.9 Å². The molecule has 1 unspecified atom stereocenters. The number of alkyl halides is 3. The number of aryl methyl sites for hydroxylation is 2. The Morgan fingerprint density at radius 2 is 1.81 bits per heavy atom. The molecule has 1 aromatic carbocycles. The molecule has 0 bridgehead atoms. The van der Waals surface area contributed by atoms with E-state index in [0.717, 1.165) is 47.0 Å². The summed E-state index contributed by atoms with van der Waals surface area (Å²) in [6.07, 6.45) is 0.391. The van der Waals surface area contributed by atoms with Crippen LogP contribution in [0.3, 0.4) is 0 Å². The highest BCUT2D eigenvalue weighted by atomic mass is 32.2. The van der Waals surface area contributed by atoms with Gasteiger partial charge in [0, 0.05) is 18.0 Å². The zero-order valence-corrected chi connectivity index (χ0v) is 18.8. The van der Waals surface area contributed by atoms with Crippen molar-refractivity contribution in [1.82, 2.24) is 25.1 Å². The number of amides is 1. The molecule has 3 aromatic rings. The molecular formula is C22H24F3N5OS. The lowest BCUT2D eigenvalue weighted by Gasteiger charge is -2.19. The number of hydrogen-bond donors (Lipinski definition) is 1. The van der Waals surface area contributed by atoms with Gasteiger partial charge in [-0.05, 0) is 43.0 Å². The smallest absolute Gasteiger partial charge is 0.346 e. The molecule has 0 saturated heterocycles. The number of halogens is 3. The van der Waals surface area contributed by atoms with Crippen LogP contribution in [0.25, 0.3) is 17.1 Å². The zero-order chi connectivity index (χ0) is 23.3. The second-order valence-corrected chi connectivity index (χ2v) is 8.42. The minimum atomic E-state index is -4.47. The first-order valence-electron chi connectivity index (χ1n) is 10.2. The first kappa shape index (κ1) is 23.8. The van der Waals surface area contributed by atoms with Gasteiger partial charge in [-0.2, -0.15) is 13.2 Å². The van der Waals surface area contributed by atoms with Gasteiger partial charge < -0.3 is 5.32 Å². The van der Waals surface area contributed by atoms with Gasteiger partial charge in [0.1, 0.15) is 6.54 Å². The Kier molecular flexibility index (Phi) is 7.55. The molecule has 32 heavy (non-hydrogen) atoms. The summed E-state index contributed by atoms with van der Waals surface area (Å²) in [5.74, 6) is -0.164. The first-order chi connectivity index (χ1) is 15.2. The van der Waals surface area contributed by atoms with E-state index in [9.17, 15) is 18.0 Å². The number of benzene rings is 1. The van der Waals surface area contributed by atoms with Gasteiger partial charge in [-0.1, -0.05) is 43.8 Å². The quantitative estimate of drug-likeness (QED) is 0.494. The maximum Gasteiger partial charge on any atom is 0.405 e. The Morgan fingerprint density at radius 3 is 2.38 bits per heavy atom. The molecule has 2 aromatic heterocycles. The molecule has 1 N–H and O–H groups in total. The predicted molar refractivity (Wildman–Crippen MR) is 118 cm³/mol. The standard InChI is InChI=1S/C22H24F3N5OS/c1-4-15-8-6-9-16(5-2)18(15)30-19(17-10-7-11-26-12-17)28-29-21(30)32-14(3)20(31)27-13-22(23,24)25/h6-12,14H,4-5,13H2,1-3H3,(H,27,31). The predicted octanol–water partition coefficient (Wildman–Crippen LogP) is 4.61. The number of para-hydroxylation sites is 1. The third-order valence-corrected chi connectivity index (χ3v) is 5.90. The van der Waals surface area contributed by atoms with Gasteiger partial charge in [0.05, 0.1) is 10.9 Å². The number of rotatable bonds is 8. The molecule has 0 fully saturated rings. The number of carbonyl (C=O) groups is 1. The van der Waals surface area contributed by atoms with Crippen LogP contribution in [0.5, 0.6) is 0 Å². The van der Waals surface area contributed by atoms with Crippen LogP contribution in [0, 0.1) is 0 Å². The summed E-state index contributed by atoms with van der Waals surface area (Å²) in [5, 5.41) is 10.2. The number of aromatic nitrogens is 4. The lowest BCUT2D eigenvalue weighted by Crippen LogP contribution is -2.38. The average molecular weight is 464 g/mol. The fraction of sp³-hybridized carbons (Fsp3) is 0.364. The Morgan fingerprint density at radius 1 is 1.12 bits per heavy atom. The molecule has 2 heterocycles. The van der Waals surface area contributed by atoms with Crippen LogP contribution in [-0.4, -0.2) is 43.6 Å². The maximum absolute atomic E-state index is 12.5. The fourth-order valence-corrected chi connectivity index (χ4v) is 4.15. The van der Waals surface area contributed by atoms with E-state index in [2.05, 4.69) is 15.2 Å². The van der Waals surface area contributed by atoms with Crippen LogP contribution in [0.1, 0.15) is 31.9 Å². The second-order valence-electron chi connectivity index (χ2n) is 7.11. The van der Waals surface area contributed by atoms with Crippen molar-refractivity contribution in [2.45, 2.75) is 50.2 Å². The van der Waals surface area contributed by atoms with Crippen LogP contribution in [0.2, 0.25) is 0 Å². The normalized spacial score (nSPS) is 12.6. The minimum absolute atomic E-state index is 0.425. The summed E-state index contributed by atoms with van der Waals surface area (Å²) < 4.78 is 39.4. The number of thioether (sulfide) groups is 1. The SMILES string of the molecule is CCc1cccc(CC)c1-n1c(SC(C)C(=O)NCC(F)(F)F)nnc1-c1cccnc1. The van der Waals surface area contributed by atoms with E-state index in [0.29, 0.717) is 11.0 Å². The Hall–Kier alpha value is -2.88. The minimum Gasteiger partial charge on any atom is -0.346 e. The molecule has 1 atom stereocenters. The van der Waals surface area contributed by atoms with Crippen molar-refractivity contribution in [2.24, 2.45) is 0 Å². The van der Waals surface area contributed by atoms with Gasteiger partial charge in [0.15, 0.2) is 11.0 Å². The lowest BCUT2D eigenvalue weighted by atomic mass is 10.0. The zero-order valence-electron chi connectivity index (χ0n) is 18.0. The number of nitrogens with one attached hydrogen (secondary N) is 1. The van der Waals surface area contributed by atoms with Crippen molar-refractivity contribution in [1.29, 1.82) is 0 Å². The molecule has 0 aliphatic rings. The van der Waals surface area contributed by atoms with Crippen molar-refractivity contribution >= 4 is 17.7 Å². The van der Waals surface area contributed by atoms with Crippen molar-refractivity contribution < 1.29 is 18.0 Å². The highest BCUT2D eigenvalue weighted by molar-refractivity contribution is 8.00. The summed E-state index contributed by atoms with van der Waals surface area (Å²) in [6.45, 7) is 4.27. The first-order valence-corrected chi connectivity index (χ1v) is 11.1. The summed E-state index contributed by atoms with van der Waals surface area (Å²) in [6, 6.07) is 9.70. The van der Waals surface area contributed by atoms with Crippen LogP contribution >= 0.6 is 11.8 Å². The van der Waals surface area contributed by atoms with E-state index in [1.807, 2.05) is 48.0 Å². The molecular weight excluding hydrogens is 439 g/mol. The summed E-state index contributed by atoms with van der Waals surface area (Å²) in [5.41, 5.74) is 3.82. The molecule has 170 valence electrons. The molecule has 10 heteroatoms. The van der Waals surface area contributed by atoms with Crippen molar-refractivity contribution in [3.8, 4) is 17.1 Å². The molecule has 0 aliphatic carbocycles. The van der Waals surface area contributed by atoms with E-state index in [1.54, 1.807) is 25.4 Å². The van der Waals surface area contributed by atoms with Gasteiger partial charge in [-0.3, -0.25) is 14.3 Å². The van der Waals surface area contributed by atoms with Crippen molar-refractivity contribution in [3.05, 3.63) is 53.9 Å². The van der Waals surface area contributed by atoms with E-state index in [4.69, 9.17) is 0 Å². The topological polar surface area (TPSA) is 72.7 Å². The molecule has 0 saturated carbocycles. The molecule has 1 amide bonds. The van der Waals surface area contributed by atoms with E-state index >= 15 is 0 Å². The maximum atomic E-state index is 12.5. The third-order valence-electron chi connectivity index (χ3n) is 4.86. The Bertz CT molecular complexity index is 1050. The van der Waals surface area contributed by atoms with Crippen LogP contribution < -0.4 is 5.32 Å². The van der Waals surface area contributed by atoms with E-state index < -0.39 is 23.9 Å². The van der Waals surface area contributed by atoms with Crippen LogP contribution in [0.4, 0.5) is 13.2 Å². The van der Waals surface area contributed by atoms with Crippen molar-refractivity contribution in [3.63, 3.8) is 0 Å². The number of pyridine rings is 1. The largest absolute Gasteiger partial charge is 0.405 e. The highest BCUT2D eigenvalue weighted by Gasteiger charge is 2.30. The lowest BCUT2D eigenvalue weighted by molar-refractivity contribution is -0.137. The van der Waals surface area contributed by atoms with Gasteiger partial charge in [-0.15, -0.1) is 10.2 Å². The number of nitrogens with zero attached hydrogens (tertiary/aromatic N) is 4. The number of carbonyl (C=O) groups excluding carboxylic acids is 1.